The lowest BCUT2D eigenvalue weighted by atomic mass is 9.73. The Kier molecular flexibility index (Phi) is 12.2. The van der Waals surface area contributed by atoms with Crippen LogP contribution >= 0.6 is 127 Å². The van der Waals surface area contributed by atoms with Crippen molar-refractivity contribution in [2.24, 2.45) is 0 Å². The lowest BCUT2D eigenvalue weighted by molar-refractivity contribution is 0.0684. The average Bonchev–Trinajstić information content (AvgIpc) is 2.88. The molecule has 238 valence electrons. The zero-order chi connectivity index (χ0) is 34.4. The predicted octanol–water partition coefficient (Wildman–Crippen LogP) is 11.5. The third kappa shape index (κ3) is 7.58. The summed E-state index contributed by atoms with van der Waals surface area (Å²) in [5.74, 6) is -6.13. The van der Waals surface area contributed by atoms with E-state index >= 15 is 0 Å². The lowest BCUT2D eigenvalue weighted by Gasteiger charge is -2.31. The molecular formula is C30H14Br8O8. The zero-order valence-corrected chi connectivity index (χ0v) is 34.9. The number of carboxylic acid groups (broad SMARTS) is 4. The molecule has 16 heteroatoms. The molecule has 0 aliphatic carbocycles. The summed E-state index contributed by atoms with van der Waals surface area (Å²) in [7, 11) is 0. The SMILES string of the molecule is O=C(O)c1c(Br)cc(C(c2cc(Br)c(C(=O)O)c(Br)c2)C(c2cc(Br)c(C(=O)O)c(Br)c2)c2cc(Br)c(C(=O)O)c(Br)c2)cc1Br. The molecule has 0 heterocycles. The van der Waals surface area contributed by atoms with Gasteiger partial charge in [0, 0.05) is 47.6 Å². The highest BCUT2D eigenvalue weighted by Crippen LogP contribution is 2.49. The summed E-state index contributed by atoms with van der Waals surface area (Å²) in [6.07, 6.45) is 0. The number of halogens is 8. The van der Waals surface area contributed by atoms with Crippen molar-refractivity contribution in [1.82, 2.24) is 0 Å². The minimum absolute atomic E-state index is 0.0183. The fourth-order valence-electron chi connectivity index (χ4n) is 5.06. The zero-order valence-electron chi connectivity index (χ0n) is 22.2. The second-order valence-corrected chi connectivity index (χ2v) is 16.4. The van der Waals surface area contributed by atoms with Gasteiger partial charge in [0.25, 0.3) is 0 Å². The number of carboxylic acids is 4. The van der Waals surface area contributed by atoms with Gasteiger partial charge in [-0.3, -0.25) is 0 Å². The van der Waals surface area contributed by atoms with Gasteiger partial charge in [0.15, 0.2) is 0 Å². The maximum Gasteiger partial charge on any atom is 0.337 e. The lowest BCUT2D eigenvalue weighted by Crippen LogP contribution is -2.17. The Morgan fingerprint density at radius 3 is 0.587 bits per heavy atom. The molecule has 46 heavy (non-hydrogen) atoms. The predicted molar refractivity (Wildman–Crippen MR) is 199 cm³/mol. The Morgan fingerprint density at radius 2 is 0.478 bits per heavy atom. The monoisotopic (exact) mass is 1130 g/mol. The number of hydrogen-bond acceptors (Lipinski definition) is 4. The highest BCUT2D eigenvalue weighted by molar-refractivity contribution is 9.12. The van der Waals surface area contributed by atoms with E-state index in [2.05, 4.69) is 127 Å². The largest absolute Gasteiger partial charge is 0.478 e. The molecule has 0 bridgehead atoms. The molecule has 4 aromatic carbocycles. The van der Waals surface area contributed by atoms with Gasteiger partial charge < -0.3 is 20.4 Å². The van der Waals surface area contributed by atoms with Gasteiger partial charge in [-0.2, -0.15) is 0 Å². The van der Waals surface area contributed by atoms with Crippen LogP contribution in [0.1, 0.15) is 75.5 Å². The van der Waals surface area contributed by atoms with Crippen LogP contribution in [0.4, 0.5) is 0 Å². The molecule has 0 saturated carbocycles. The summed E-state index contributed by atoms with van der Waals surface area (Å²) in [4.78, 5) is 48.2. The van der Waals surface area contributed by atoms with Crippen LogP contribution in [-0.2, 0) is 0 Å². The molecule has 8 nitrogen and oxygen atoms in total. The molecule has 0 aromatic heterocycles. The Bertz CT molecular complexity index is 1600. The van der Waals surface area contributed by atoms with Gasteiger partial charge in [-0.15, -0.1) is 0 Å². The van der Waals surface area contributed by atoms with Crippen molar-refractivity contribution < 1.29 is 39.6 Å². The van der Waals surface area contributed by atoms with Crippen molar-refractivity contribution in [2.45, 2.75) is 11.8 Å². The Hall–Kier alpha value is -1.40. The first kappa shape index (κ1) is 37.4. The summed E-state index contributed by atoms with van der Waals surface area (Å²) in [6, 6.07) is 13.1. The van der Waals surface area contributed by atoms with Gasteiger partial charge in [-0.1, -0.05) is 0 Å². The summed E-state index contributed by atoms with van der Waals surface area (Å²) < 4.78 is 2.12. The molecule has 0 radical (unpaired) electrons. The third-order valence-electron chi connectivity index (χ3n) is 6.88. The molecule has 0 aliphatic rings. The van der Waals surface area contributed by atoms with Crippen molar-refractivity contribution in [2.75, 3.05) is 0 Å². The summed E-state index contributed by atoms with van der Waals surface area (Å²) in [5, 5.41) is 39.3. The first-order valence-corrected chi connectivity index (χ1v) is 18.7. The van der Waals surface area contributed by atoms with Crippen LogP contribution in [0.3, 0.4) is 0 Å². The molecule has 4 rings (SSSR count). The molecule has 0 aliphatic heterocycles. The second kappa shape index (κ2) is 15.0. The first-order valence-electron chi connectivity index (χ1n) is 12.3. The van der Waals surface area contributed by atoms with Crippen LogP contribution in [0, 0.1) is 0 Å². The summed E-state index contributed by atoms with van der Waals surface area (Å²) in [6.45, 7) is 0. The second-order valence-electron chi connectivity index (χ2n) is 9.61. The van der Waals surface area contributed by atoms with Gasteiger partial charge in [-0.25, -0.2) is 19.2 Å². The fourth-order valence-corrected chi connectivity index (χ4v) is 11.3. The smallest absolute Gasteiger partial charge is 0.337 e. The Morgan fingerprint density at radius 1 is 0.348 bits per heavy atom. The van der Waals surface area contributed by atoms with E-state index < -0.39 is 35.7 Å². The van der Waals surface area contributed by atoms with Crippen molar-refractivity contribution in [3.05, 3.63) is 129 Å². The molecule has 4 aromatic rings. The van der Waals surface area contributed by atoms with E-state index in [4.69, 9.17) is 0 Å². The number of aromatic carboxylic acids is 4. The summed E-state index contributed by atoms with van der Waals surface area (Å²) >= 11 is 27.1. The third-order valence-corrected chi connectivity index (χ3v) is 11.9. The highest BCUT2D eigenvalue weighted by Gasteiger charge is 2.34. The first-order chi connectivity index (χ1) is 21.4. The normalized spacial score (nSPS) is 11.3. The van der Waals surface area contributed by atoms with Gasteiger partial charge in [0.05, 0.1) is 22.3 Å². The Balaban J connectivity index is 2.20. The standard InChI is InChI=1S/C30H14Br8O8/c31-13-1-9(2-14(32)23(13)27(39)40)21(10-3-15(33)24(28(41)42)16(34)4-10)22(11-5-17(35)25(29(43)44)18(36)6-11)12-7-19(37)26(30(45)46)20(38)8-12/h1-8,21-22H,(H,39,40)(H,41,42)(H,43,44)(H,45,46). The summed E-state index contributed by atoms with van der Waals surface area (Å²) in [5.41, 5.74) is 2.26. The van der Waals surface area contributed by atoms with Gasteiger partial charge in [0.1, 0.15) is 0 Å². The maximum absolute atomic E-state index is 12.0. The number of hydrogen-bond donors (Lipinski definition) is 4. The van der Waals surface area contributed by atoms with Crippen LogP contribution in [0.2, 0.25) is 0 Å². The van der Waals surface area contributed by atoms with Gasteiger partial charge in [-0.05, 0) is 198 Å². The van der Waals surface area contributed by atoms with Crippen LogP contribution < -0.4 is 0 Å². The van der Waals surface area contributed by atoms with Crippen molar-refractivity contribution in [1.29, 1.82) is 0 Å². The van der Waals surface area contributed by atoms with Crippen molar-refractivity contribution in [3.63, 3.8) is 0 Å². The highest BCUT2D eigenvalue weighted by atomic mass is 79.9. The van der Waals surface area contributed by atoms with Crippen molar-refractivity contribution in [3.8, 4) is 0 Å². The number of benzene rings is 4. The minimum atomic E-state index is -1.18. The van der Waals surface area contributed by atoms with E-state index in [0.717, 1.165) is 0 Å². The molecule has 0 atom stereocenters. The minimum Gasteiger partial charge on any atom is -0.478 e. The number of rotatable bonds is 9. The average molecular weight is 1140 g/mol. The Labute approximate surface area is 328 Å². The van der Waals surface area contributed by atoms with Crippen molar-refractivity contribution >= 4 is 151 Å². The molecule has 0 saturated heterocycles. The van der Waals surface area contributed by atoms with E-state index in [1.165, 1.54) is 0 Å². The van der Waals surface area contributed by atoms with E-state index in [9.17, 15) is 39.6 Å². The molecule has 0 amide bonds. The van der Waals surface area contributed by atoms with Gasteiger partial charge in [0.2, 0.25) is 0 Å². The van der Waals surface area contributed by atoms with E-state index in [1.54, 1.807) is 48.5 Å². The van der Waals surface area contributed by atoms with Crippen LogP contribution in [0.25, 0.3) is 0 Å². The molecule has 0 unspecified atom stereocenters. The fraction of sp³-hybridized carbons (Fsp3) is 0.0667. The van der Waals surface area contributed by atoms with Crippen LogP contribution in [-0.4, -0.2) is 44.3 Å². The van der Waals surface area contributed by atoms with E-state index in [1.807, 2.05) is 0 Å². The van der Waals surface area contributed by atoms with E-state index in [-0.39, 0.29) is 58.0 Å². The molecular weight excluding hydrogens is 1130 g/mol. The quantitative estimate of drug-likeness (QED) is 0.129. The van der Waals surface area contributed by atoms with Gasteiger partial charge >= 0.3 is 23.9 Å². The van der Waals surface area contributed by atoms with Crippen LogP contribution in [0.15, 0.2) is 84.3 Å². The van der Waals surface area contributed by atoms with E-state index in [0.29, 0.717) is 22.3 Å². The molecule has 0 fully saturated rings. The number of carbonyl (C=O) groups is 4. The topological polar surface area (TPSA) is 149 Å². The van der Waals surface area contributed by atoms with Crippen LogP contribution in [0.5, 0.6) is 0 Å². The molecule has 4 N–H and O–H groups in total. The molecule has 0 spiro atoms. The maximum atomic E-state index is 12.0.